The van der Waals surface area contributed by atoms with Crippen LogP contribution in [0.3, 0.4) is 0 Å². The number of ether oxygens (including phenoxy) is 3. The van der Waals surface area contributed by atoms with Gasteiger partial charge in [0.2, 0.25) is 12.6 Å². The van der Waals surface area contributed by atoms with Crippen LogP contribution in [-0.4, -0.2) is 59.7 Å². The minimum Gasteiger partial charge on any atom is -0.465 e. The number of hydrogen-bond acceptors (Lipinski definition) is 9. The monoisotopic (exact) mass is 785 g/mol. The number of imidazole rings is 1. The summed E-state index contributed by atoms with van der Waals surface area (Å²) in [6, 6.07) is 46.8. The van der Waals surface area contributed by atoms with E-state index in [0.717, 1.165) is 39.2 Å². The summed E-state index contributed by atoms with van der Waals surface area (Å²) in [6.07, 6.45) is 2.07. The number of fused-ring (bicyclic) bond motifs is 1. The molecular weight excluding hydrogens is 743 g/mol. The van der Waals surface area contributed by atoms with Crippen LogP contribution in [0.5, 0.6) is 6.01 Å². The summed E-state index contributed by atoms with van der Waals surface area (Å²) in [6.45, 7) is 7.60. The molecule has 0 bridgehead atoms. The standard InChI is InChI=1S/C47H43N7O5/c1-5-57-46-48-40-23-15-22-39(45(56)59-31-58-44(55)32(2)3)42(40)53(46)30-34-24-26-38(27-25-34)52-29-33(4)28-41(52)43-49-50-51-54(43)47(35-16-9-6-10-17-35,36-18-11-7-12-19-36)37-20-13-8-14-21-37/h6-29,32H,5,30-31H2,1-4H3. The molecule has 0 N–H and O–H groups in total. The average Bonchev–Trinajstić information content (AvgIpc) is 4.00. The number of para-hydroxylation sites is 1. The van der Waals surface area contributed by atoms with Crippen molar-refractivity contribution in [3.8, 4) is 23.2 Å². The van der Waals surface area contributed by atoms with Gasteiger partial charge in [-0.3, -0.25) is 9.36 Å². The third-order valence-corrected chi connectivity index (χ3v) is 10.2. The van der Waals surface area contributed by atoms with Gasteiger partial charge in [-0.2, -0.15) is 4.98 Å². The van der Waals surface area contributed by atoms with E-state index in [1.165, 1.54) is 0 Å². The first-order chi connectivity index (χ1) is 28.8. The molecule has 0 aliphatic heterocycles. The Morgan fingerprint density at radius 2 is 1.39 bits per heavy atom. The minimum atomic E-state index is -0.912. The molecular formula is C47H43N7O5. The SMILES string of the molecule is CCOc1nc2cccc(C(=O)OCOC(=O)C(C)C)c2n1Cc1ccc(-n2cc(C)cc2-c2nnnn2C(c2ccccc2)(c2ccccc2)c2ccccc2)cc1. The largest absolute Gasteiger partial charge is 0.465 e. The molecule has 0 saturated heterocycles. The van der Waals surface area contributed by atoms with Crippen molar-refractivity contribution in [3.63, 3.8) is 0 Å². The van der Waals surface area contributed by atoms with E-state index in [-0.39, 0.29) is 11.5 Å². The Morgan fingerprint density at radius 1 is 0.763 bits per heavy atom. The number of tetrazole rings is 1. The first-order valence-corrected chi connectivity index (χ1v) is 19.5. The molecule has 0 amide bonds. The molecule has 0 saturated carbocycles. The Labute approximate surface area is 341 Å². The molecule has 8 aromatic rings. The number of nitrogens with zero attached hydrogens (tertiary/aromatic N) is 7. The molecule has 0 unspecified atom stereocenters. The van der Waals surface area contributed by atoms with Crippen molar-refractivity contribution in [2.45, 2.75) is 39.8 Å². The fraction of sp³-hybridized carbons (Fsp3) is 0.191. The number of aryl methyl sites for hydroxylation is 1. The van der Waals surface area contributed by atoms with E-state index >= 15 is 0 Å². The predicted molar refractivity (Wildman–Crippen MR) is 223 cm³/mol. The second kappa shape index (κ2) is 16.6. The summed E-state index contributed by atoms with van der Waals surface area (Å²) in [4.78, 5) is 30.0. The second-order valence-electron chi connectivity index (χ2n) is 14.4. The molecule has 12 nitrogen and oxygen atoms in total. The van der Waals surface area contributed by atoms with Crippen LogP contribution in [0, 0.1) is 12.8 Å². The Bertz CT molecular complexity index is 2610. The summed E-state index contributed by atoms with van der Waals surface area (Å²) < 4.78 is 22.3. The van der Waals surface area contributed by atoms with Crippen molar-refractivity contribution in [1.82, 2.24) is 34.3 Å². The number of aromatic nitrogens is 7. The number of hydrogen-bond donors (Lipinski definition) is 0. The Morgan fingerprint density at radius 3 is 1.98 bits per heavy atom. The van der Waals surface area contributed by atoms with Gasteiger partial charge in [0.05, 0.1) is 41.4 Å². The quantitative estimate of drug-likeness (QED) is 0.0607. The molecule has 59 heavy (non-hydrogen) atoms. The van der Waals surface area contributed by atoms with E-state index < -0.39 is 24.3 Å². The number of rotatable bonds is 14. The highest BCUT2D eigenvalue weighted by Crippen LogP contribution is 2.42. The molecule has 0 spiro atoms. The van der Waals surface area contributed by atoms with Gasteiger partial charge in [0, 0.05) is 11.9 Å². The molecule has 0 aliphatic carbocycles. The number of esters is 2. The summed E-state index contributed by atoms with van der Waals surface area (Å²) >= 11 is 0. The maximum Gasteiger partial charge on any atom is 0.343 e. The molecule has 0 aliphatic rings. The highest BCUT2D eigenvalue weighted by Gasteiger charge is 2.42. The van der Waals surface area contributed by atoms with Crippen LogP contribution in [0.25, 0.3) is 28.2 Å². The van der Waals surface area contributed by atoms with Crippen LogP contribution in [0.2, 0.25) is 0 Å². The van der Waals surface area contributed by atoms with Crippen molar-refractivity contribution in [3.05, 3.63) is 179 Å². The third kappa shape index (κ3) is 7.36. The number of carbonyl (C=O) groups excluding carboxylic acids is 2. The molecule has 3 heterocycles. The van der Waals surface area contributed by atoms with Gasteiger partial charge in [0.1, 0.15) is 5.54 Å². The van der Waals surface area contributed by atoms with Crippen LogP contribution in [0.1, 0.15) is 58.9 Å². The van der Waals surface area contributed by atoms with Crippen LogP contribution in [-0.2, 0) is 26.4 Å². The number of benzene rings is 5. The first-order valence-electron chi connectivity index (χ1n) is 19.5. The van der Waals surface area contributed by atoms with Gasteiger partial charge in [-0.15, -0.1) is 5.10 Å². The zero-order valence-electron chi connectivity index (χ0n) is 33.2. The Balaban J connectivity index is 1.17. The Kier molecular flexibility index (Phi) is 10.9. The van der Waals surface area contributed by atoms with Gasteiger partial charge in [-0.05, 0) is 82.4 Å². The fourth-order valence-electron chi connectivity index (χ4n) is 7.50. The second-order valence-corrected chi connectivity index (χ2v) is 14.4. The third-order valence-electron chi connectivity index (χ3n) is 10.2. The zero-order chi connectivity index (χ0) is 40.9. The van der Waals surface area contributed by atoms with E-state index in [1.807, 2.05) is 101 Å². The molecule has 12 heteroatoms. The summed E-state index contributed by atoms with van der Waals surface area (Å²) in [5, 5.41) is 13.8. The van der Waals surface area contributed by atoms with Gasteiger partial charge in [-0.25, -0.2) is 9.48 Å². The van der Waals surface area contributed by atoms with Crippen molar-refractivity contribution in [2.24, 2.45) is 5.92 Å². The summed E-state index contributed by atoms with van der Waals surface area (Å²) in [7, 11) is 0. The van der Waals surface area contributed by atoms with E-state index in [2.05, 4.69) is 65.4 Å². The van der Waals surface area contributed by atoms with E-state index in [0.29, 0.717) is 36.0 Å². The fourth-order valence-corrected chi connectivity index (χ4v) is 7.50. The normalized spacial score (nSPS) is 11.5. The number of carbonyl (C=O) groups is 2. The van der Waals surface area contributed by atoms with Crippen molar-refractivity contribution in [1.29, 1.82) is 0 Å². The highest BCUT2D eigenvalue weighted by molar-refractivity contribution is 6.02. The van der Waals surface area contributed by atoms with Crippen molar-refractivity contribution in [2.75, 3.05) is 13.4 Å². The lowest BCUT2D eigenvalue weighted by Crippen LogP contribution is -2.39. The highest BCUT2D eigenvalue weighted by atomic mass is 16.7. The van der Waals surface area contributed by atoms with Crippen LogP contribution >= 0.6 is 0 Å². The molecule has 5 aromatic carbocycles. The summed E-state index contributed by atoms with van der Waals surface area (Å²) in [5.41, 5.74) is 7.20. The smallest absolute Gasteiger partial charge is 0.343 e. The molecule has 0 fully saturated rings. The lowest BCUT2D eigenvalue weighted by Gasteiger charge is -2.36. The molecule has 296 valence electrons. The topological polar surface area (TPSA) is 128 Å². The van der Waals surface area contributed by atoms with E-state index in [4.69, 9.17) is 29.5 Å². The van der Waals surface area contributed by atoms with Crippen LogP contribution < -0.4 is 4.74 Å². The Hall–Kier alpha value is -7.34. The first kappa shape index (κ1) is 38.5. The predicted octanol–water partition coefficient (Wildman–Crippen LogP) is 8.39. The summed E-state index contributed by atoms with van der Waals surface area (Å²) in [5.74, 6) is -0.852. The van der Waals surface area contributed by atoms with Crippen LogP contribution in [0.15, 0.2) is 146 Å². The van der Waals surface area contributed by atoms with Gasteiger partial charge in [-0.1, -0.05) is 123 Å². The molecule has 8 rings (SSSR count). The van der Waals surface area contributed by atoms with Gasteiger partial charge < -0.3 is 18.8 Å². The van der Waals surface area contributed by atoms with Gasteiger partial charge >= 0.3 is 11.9 Å². The molecule has 0 radical (unpaired) electrons. The van der Waals surface area contributed by atoms with Crippen molar-refractivity contribution < 1.29 is 23.8 Å². The maximum absolute atomic E-state index is 13.3. The average molecular weight is 786 g/mol. The molecule has 0 atom stereocenters. The van der Waals surface area contributed by atoms with E-state index in [1.54, 1.807) is 26.0 Å². The van der Waals surface area contributed by atoms with Crippen LogP contribution in [0.4, 0.5) is 0 Å². The lowest BCUT2D eigenvalue weighted by molar-refractivity contribution is -0.155. The van der Waals surface area contributed by atoms with Gasteiger partial charge in [0.25, 0.3) is 6.01 Å². The maximum atomic E-state index is 13.3. The lowest BCUT2D eigenvalue weighted by atomic mass is 9.77. The minimum absolute atomic E-state index is 0.279. The van der Waals surface area contributed by atoms with Crippen molar-refractivity contribution >= 4 is 23.0 Å². The molecule has 3 aromatic heterocycles. The van der Waals surface area contributed by atoms with Gasteiger partial charge in [0.15, 0.2) is 0 Å². The zero-order valence-corrected chi connectivity index (χ0v) is 33.2. The van der Waals surface area contributed by atoms with E-state index in [9.17, 15) is 9.59 Å².